The number of anilines is 1. The van der Waals surface area contributed by atoms with Gasteiger partial charge in [0.1, 0.15) is 5.75 Å². The fourth-order valence-corrected chi connectivity index (χ4v) is 3.67. The highest BCUT2D eigenvalue weighted by atomic mass is 16.5. The zero-order valence-electron chi connectivity index (χ0n) is 13.5. The molecule has 3 nitrogen and oxygen atoms in total. The lowest BCUT2D eigenvalue weighted by Gasteiger charge is -2.33. The lowest BCUT2D eigenvalue weighted by atomic mass is 9.89. The van der Waals surface area contributed by atoms with E-state index in [1.54, 1.807) is 7.11 Å². The van der Waals surface area contributed by atoms with Crippen molar-refractivity contribution in [3.63, 3.8) is 0 Å². The Hall–Kier alpha value is -2.42. The summed E-state index contributed by atoms with van der Waals surface area (Å²) in [5.74, 6) is 1.57. The lowest BCUT2D eigenvalue weighted by Crippen LogP contribution is -2.32. The van der Waals surface area contributed by atoms with E-state index in [0.29, 0.717) is 5.92 Å². The standard InChI is InChI=1S/C20H22N2O/c1-23-17-8-6-16(7-9-17)22-12-10-15(11-13-22)19-14-21-20-5-3-2-4-18(19)20/h2-9,14-15,21H,10-13H2,1H3. The summed E-state index contributed by atoms with van der Waals surface area (Å²) in [6.07, 6.45) is 4.61. The van der Waals surface area contributed by atoms with Crippen molar-refractivity contribution >= 4 is 16.6 Å². The number of aromatic amines is 1. The third kappa shape index (κ3) is 2.67. The van der Waals surface area contributed by atoms with Crippen molar-refractivity contribution in [3.8, 4) is 5.75 Å². The number of nitrogens with one attached hydrogen (secondary N) is 1. The Morgan fingerprint density at radius 1 is 1.00 bits per heavy atom. The highest BCUT2D eigenvalue weighted by Gasteiger charge is 2.22. The Morgan fingerprint density at radius 3 is 2.48 bits per heavy atom. The quantitative estimate of drug-likeness (QED) is 0.768. The fourth-order valence-electron chi connectivity index (χ4n) is 3.67. The average Bonchev–Trinajstić information content (AvgIpc) is 3.06. The zero-order chi connectivity index (χ0) is 15.6. The third-order valence-electron chi connectivity index (χ3n) is 4.99. The number of nitrogens with zero attached hydrogens (tertiary/aromatic N) is 1. The molecule has 1 aliphatic heterocycles. The first-order chi connectivity index (χ1) is 11.3. The number of para-hydroxylation sites is 1. The molecule has 1 saturated heterocycles. The van der Waals surface area contributed by atoms with Crippen molar-refractivity contribution in [2.24, 2.45) is 0 Å². The molecule has 23 heavy (non-hydrogen) atoms. The Kier molecular flexibility index (Phi) is 3.70. The molecule has 0 amide bonds. The van der Waals surface area contributed by atoms with Crippen LogP contribution in [0.15, 0.2) is 54.7 Å². The monoisotopic (exact) mass is 306 g/mol. The number of aromatic nitrogens is 1. The highest BCUT2D eigenvalue weighted by Crippen LogP contribution is 2.34. The number of rotatable bonds is 3. The van der Waals surface area contributed by atoms with Crippen LogP contribution in [0.5, 0.6) is 5.75 Å². The molecule has 118 valence electrons. The van der Waals surface area contributed by atoms with E-state index in [2.05, 4.69) is 52.5 Å². The van der Waals surface area contributed by atoms with E-state index in [4.69, 9.17) is 4.74 Å². The summed E-state index contributed by atoms with van der Waals surface area (Å²) in [5.41, 5.74) is 4.03. The second-order valence-electron chi connectivity index (χ2n) is 6.25. The smallest absolute Gasteiger partial charge is 0.119 e. The van der Waals surface area contributed by atoms with Gasteiger partial charge in [0, 0.05) is 35.9 Å². The van der Waals surface area contributed by atoms with Gasteiger partial charge in [-0.1, -0.05) is 18.2 Å². The van der Waals surface area contributed by atoms with E-state index in [9.17, 15) is 0 Å². The van der Waals surface area contributed by atoms with E-state index in [0.717, 1.165) is 18.8 Å². The molecule has 2 heterocycles. The Bertz CT molecular complexity index is 783. The summed E-state index contributed by atoms with van der Waals surface area (Å²) in [7, 11) is 1.71. The topological polar surface area (TPSA) is 28.3 Å². The molecule has 1 aliphatic rings. The Morgan fingerprint density at radius 2 is 1.74 bits per heavy atom. The van der Waals surface area contributed by atoms with Gasteiger partial charge in [-0.05, 0) is 54.7 Å². The Labute approximate surface area is 136 Å². The van der Waals surface area contributed by atoms with Crippen LogP contribution >= 0.6 is 0 Å². The average molecular weight is 306 g/mol. The molecule has 2 aromatic carbocycles. The molecule has 0 bridgehead atoms. The summed E-state index contributed by atoms with van der Waals surface area (Å²) in [5, 5.41) is 1.38. The number of benzene rings is 2. The fraction of sp³-hybridized carbons (Fsp3) is 0.300. The molecule has 0 unspecified atom stereocenters. The molecule has 1 fully saturated rings. The molecule has 0 radical (unpaired) electrons. The molecule has 1 N–H and O–H groups in total. The number of H-pyrrole nitrogens is 1. The van der Waals surface area contributed by atoms with Crippen LogP contribution in [0.4, 0.5) is 5.69 Å². The van der Waals surface area contributed by atoms with Crippen molar-refractivity contribution in [1.29, 1.82) is 0 Å². The van der Waals surface area contributed by atoms with Crippen molar-refractivity contribution in [1.82, 2.24) is 4.98 Å². The van der Waals surface area contributed by atoms with Crippen molar-refractivity contribution < 1.29 is 4.74 Å². The van der Waals surface area contributed by atoms with E-state index < -0.39 is 0 Å². The number of fused-ring (bicyclic) bond motifs is 1. The van der Waals surface area contributed by atoms with Gasteiger partial charge in [-0.2, -0.15) is 0 Å². The molecular weight excluding hydrogens is 284 g/mol. The molecule has 3 aromatic rings. The van der Waals surface area contributed by atoms with Crippen LogP contribution in [0.1, 0.15) is 24.3 Å². The first-order valence-electron chi connectivity index (χ1n) is 8.30. The number of hydrogen-bond acceptors (Lipinski definition) is 2. The van der Waals surface area contributed by atoms with E-state index >= 15 is 0 Å². The summed E-state index contributed by atoms with van der Waals surface area (Å²) < 4.78 is 5.24. The minimum absolute atomic E-state index is 0.653. The summed E-state index contributed by atoms with van der Waals surface area (Å²) in [6.45, 7) is 2.22. The van der Waals surface area contributed by atoms with Crippen LogP contribution < -0.4 is 9.64 Å². The first-order valence-corrected chi connectivity index (χ1v) is 8.30. The summed E-state index contributed by atoms with van der Waals surface area (Å²) >= 11 is 0. The van der Waals surface area contributed by atoms with Crippen LogP contribution in [-0.4, -0.2) is 25.2 Å². The zero-order valence-corrected chi connectivity index (χ0v) is 13.5. The van der Waals surface area contributed by atoms with Crippen LogP contribution in [0.2, 0.25) is 0 Å². The lowest BCUT2D eigenvalue weighted by molar-refractivity contribution is 0.414. The number of ether oxygens (including phenoxy) is 1. The van der Waals surface area contributed by atoms with Crippen molar-refractivity contribution in [3.05, 3.63) is 60.3 Å². The van der Waals surface area contributed by atoms with Gasteiger partial charge in [0.05, 0.1) is 7.11 Å². The van der Waals surface area contributed by atoms with Crippen LogP contribution in [0, 0.1) is 0 Å². The first kappa shape index (κ1) is 14.2. The molecule has 0 atom stereocenters. The van der Waals surface area contributed by atoms with Gasteiger partial charge in [0.15, 0.2) is 0 Å². The van der Waals surface area contributed by atoms with Gasteiger partial charge in [-0.15, -0.1) is 0 Å². The normalized spacial score (nSPS) is 16.0. The van der Waals surface area contributed by atoms with Gasteiger partial charge in [0.25, 0.3) is 0 Å². The summed E-state index contributed by atoms with van der Waals surface area (Å²) in [4.78, 5) is 5.89. The highest BCUT2D eigenvalue weighted by molar-refractivity contribution is 5.83. The number of hydrogen-bond donors (Lipinski definition) is 1. The molecular formula is C20H22N2O. The molecule has 4 rings (SSSR count). The number of methoxy groups -OCH3 is 1. The molecule has 0 spiro atoms. The minimum Gasteiger partial charge on any atom is -0.497 e. The molecule has 1 aromatic heterocycles. The van der Waals surface area contributed by atoms with Gasteiger partial charge in [0.2, 0.25) is 0 Å². The maximum absolute atomic E-state index is 5.24. The second-order valence-corrected chi connectivity index (χ2v) is 6.25. The van der Waals surface area contributed by atoms with E-state index in [1.807, 2.05) is 12.1 Å². The second kappa shape index (κ2) is 5.99. The van der Waals surface area contributed by atoms with Gasteiger partial charge >= 0.3 is 0 Å². The summed E-state index contributed by atoms with van der Waals surface area (Å²) in [6, 6.07) is 17.0. The van der Waals surface area contributed by atoms with Crippen LogP contribution in [-0.2, 0) is 0 Å². The molecule has 0 saturated carbocycles. The van der Waals surface area contributed by atoms with Crippen molar-refractivity contribution in [2.45, 2.75) is 18.8 Å². The van der Waals surface area contributed by atoms with Crippen molar-refractivity contribution in [2.75, 3.05) is 25.1 Å². The SMILES string of the molecule is COc1ccc(N2CCC(c3c[nH]c4ccccc34)CC2)cc1. The largest absolute Gasteiger partial charge is 0.497 e. The van der Waals surface area contributed by atoms with Gasteiger partial charge in [-0.25, -0.2) is 0 Å². The predicted molar refractivity (Wildman–Crippen MR) is 95.5 cm³/mol. The van der Waals surface area contributed by atoms with E-state index in [1.165, 1.54) is 35.0 Å². The maximum Gasteiger partial charge on any atom is 0.119 e. The van der Waals surface area contributed by atoms with Crippen LogP contribution in [0.25, 0.3) is 10.9 Å². The predicted octanol–water partition coefficient (Wildman–Crippen LogP) is 4.56. The minimum atomic E-state index is 0.653. The third-order valence-corrected chi connectivity index (χ3v) is 4.99. The van der Waals surface area contributed by atoms with Gasteiger partial charge < -0.3 is 14.6 Å². The molecule has 3 heteroatoms. The van der Waals surface area contributed by atoms with Crippen LogP contribution in [0.3, 0.4) is 0 Å². The number of piperidine rings is 1. The molecule has 0 aliphatic carbocycles. The maximum atomic E-state index is 5.24. The Balaban J connectivity index is 1.48. The van der Waals surface area contributed by atoms with E-state index in [-0.39, 0.29) is 0 Å². The van der Waals surface area contributed by atoms with Gasteiger partial charge in [-0.3, -0.25) is 0 Å².